The number of aromatic nitrogens is 1. The molecule has 8 heteroatoms. The van der Waals surface area contributed by atoms with Crippen molar-refractivity contribution in [1.29, 1.82) is 0 Å². The largest absolute Gasteiger partial charge is 0.485 e. The minimum absolute atomic E-state index is 0.210. The Morgan fingerprint density at radius 1 is 1.18 bits per heavy atom. The maximum absolute atomic E-state index is 15.0. The predicted molar refractivity (Wildman–Crippen MR) is 143 cm³/mol. The molecule has 2 N–H and O–H groups in total. The summed E-state index contributed by atoms with van der Waals surface area (Å²) in [6.45, 7) is 4.37. The van der Waals surface area contributed by atoms with E-state index < -0.39 is 23.8 Å². The lowest BCUT2D eigenvalue weighted by Crippen LogP contribution is -2.23. The summed E-state index contributed by atoms with van der Waals surface area (Å²) in [5.74, 6) is 0.244. The third kappa shape index (κ3) is 5.11. The zero-order valence-electron chi connectivity index (χ0n) is 22.1. The number of hydrogen-bond acceptors (Lipinski definition) is 6. The summed E-state index contributed by atoms with van der Waals surface area (Å²) in [6, 6.07) is 13.2. The van der Waals surface area contributed by atoms with Gasteiger partial charge in [0.2, 0.25) is 5.88 Å². The normalized spacial score (nSPS) is 23.3. The number of rotatable bonds is 8. The first-order valence-electron chi connectivity index (χ1n) is 13.6. The highest BCUT2D eigenvalue weighted by molar-refractivity contribution is 5.71. The first-order chi connectivity index (χ1) is 18.8. The van der Waals surface area contributed by atoms with Crippen LogP contribution in [-0.4, -0.2) is 46.3 Å². The molecular formula is C31H33FN2O5. The molecule has 1 saturated heterocycles. The van der Waals surface area contributed by atoms with Crippen LogP contribution in [0.15, 0.2) is 48.7 Å². The van der Waals surface area contributed by atoms with Gasteiger partial charge < -0.3 is 19.7 Å². The van der Waals surface area contributed by atoms with Gasteiger partial charge in [0.1, 0.15) is 17.7 Å². The summed E-state index contributed by atoms with van der Waals surface area (Å²) in [6.07, 6.45) is 2.77. The molecule has 7 nitrogen and oxygen atoms in total. The van der Waals surface area contributed by atoms with Gasteiger partial charge in [0, 0.05) is 31.3 Å². The van der Waals surface area contributed by atoms with Gasteiger partial charge in [-0.25, -0.2) is 9.37 Å². The molecule has 1 saturated carbocycles. The number of fused-ring (bicyclic) bond motifs is 2. The van der Waals surface area contributed by atoms with Crippen LogP contribution in [0.2, 0.25) is 0 Å². The Bertz CT molecular complexity index is 1400. The summed E-state index contributed by atoms with van der Waals surface area (Å²) in [7, 11) is 1.52. The summed E-state index contributed by atoms with van der Waals surface area (Å²) in [5, 5.41) is 19.9. The average molecular weight is 533 g/mol. The number of carboxylic acid groups (broad SMARTS) is 1. The van der Waals surface area contributed by atoms with Crippen molar-refractivity contribution in [3.8, 4) is 22.8 Å². The molecule has 0 spiro atoms. The van der Waals surface area contributed by atoms with E-state index >= 15 is 0 Å². The molecule has 3 heterocycles. The Morgan fingerprint density at radius 2 is 1.97 bits per heavy atom. The zero-order chi connectivity index (χ0) is 27.3. The van der Waals surface area contributed by atoms with Gasteiger partial charge >= 0.3 is 5.97 Å². The number of aliphatic carboxylic acids is 1. The molecule has 3 aliphatic rings. The smallest absolute Gasteiger partial charge is 0.309 e. The van der Waals surface area contributed by atoms with E-state index in [4.69, 9.17) is 9.47 Å². The fourth-order valence-electron chi connectivity index (χ4n) is 6.04. The Labute approximate surface area is 227 Å². The van der Waals surface area contributed by atoms with Crippen molar-refractivity contribution in [2.45, 2.75) is 44.9 Å². The Morgan fingerprint density at radius 3 is 2.72 bits per heavy atom. The van der Waals surface area contributed by atoms with Crippen LogP contribution >= 0.6 is 0 Å². The van der Waals surface area contributed by atoms with Crippen LogP contribution in [0.1, 0.15) is 54.2 Å². The molecule has 0 bridgehead atoms. The van der Waals surface area contributed by atoms with Crippen LogP contribution in [0.25, 0.3) is 11.1 Å². The molecule has 0 amide bonds. The summed E-state index contributed by atoms with van der Waals surface area (Å²) in [4.78, 5) is 17.8. The Balaban J connectivity index is 1.31. The van der Waals surface area contributed by atoms with Crippen LogP contribution in [0, 0.1) is 23.6 Å². The number of pyridine rings is 1. The number of hydrogen-bond donors (Lipinski definition) is 2. The van der Waals surface area contributed by atoms with Crippen molar-refractivity contribution >= 4 is 5.97 Å². The maximum atomic E-state index is 15.0. The number of carboxylic acids is 1. The molecular weight excluding hydrogens is 499 g/mol. The second kappa shape index (κ2) is 10.2. The van der Waals surface area contributed by atoms with Gasteiger partial charge in [0.05, 0.1) is 25.3 Å². The minimum atomic E-state index is -1.12. The van der Waals surface area contributed by atoms with Crippen molar-refractivity contribution in [3.63, 3.8) is 0 Å². The van der Waals surface area contributed by atoms with Crippen LogP contribution in [-0.2, 0) is 17.8 Å². The lowest BCUT2D eigenvalue weighted by Gasteiger charge is -2.29. The van der Waals surface area contributed by atoms with Gasteiger partial charge in [-0.3, -0.25) is 9.69 Å². The summed E-state index contributed by atoms with van der Waals surface area (Å²) < 4.78 is 26.7. The van der Waals surface area contributed by atoms with E-state index in [-0.39, 0.29) is 6.10 Å². The SMILES string of the molecule is COc1cc(-c2ccc([C@H]3CCc4ccc([C@H](O)[C@H](C)C(=O)O)cc4O3)cc2CN2C[C@H]3C[C@H]3C2)c(F)cn1. The summed E-state index contributed by atoms with van der Waals surface area (Å²) in [5.41, 5.74) is 4.89. The highest BCUT2D eigenvalue weighted by Gasteiger charge is 2.44. The first-order valence-corrected chi connectivity index (χ1v) is 13.6. The van der Waals surface area contributed by atoms with Crippen molar-refractivity contribution in [1.82, 2.24) is 9.88 Å². The molecule has 2 aromatic carbocycles. The van der Waals surface area contributed by atoms with Crippen LogP contribution < -0.4 is 9.47 Å². The molecule has 2 fully saturated rings. The number of aryl methyl sites for hydroxylation is 1. The number of likely N-dealkylation sites (tertiary alicyclic amines) is 1. The molecule has 39 heavy (non-hydrogen) atoms. The van der Waals surface area contributed by atoms with Crippen molar-refractivity contribution < 1.29 is 28.9 Å². The Kier molecular flexibility index (Phi) is 6.77. The van der Waals surface area contributed by atoms with Crippen molar-refractivity contribution in [3.05, 3.63) is 76.7 Å². The van der Waals surface area contributed by atoms with E-state index in [0.29, 0.717) is 22.8 Å². The second-order valence-electron chi connectivity index (χ2n) is 11.2. The first kappa shape index (κ1) is 25.8. The fourth-order valence-corrected chi connectivity index (χ4v) is 6.04. The van der Waals surface area contributed by atoms with E-state index in [1.165, 1.54) is 26.7 Å². The van der Waals surface area contributed by atoms with Crippen LogP contribution in [0.5, 0.6) is 11.6 Å². The molecule has 1 aromatic heterocycles. The highest BCUT2D eigenvalue weighted by Crippen LogP contribution is 2.46. The van der Waals surface area contributed by atoms with Gasteiger partial charge in [-0.2, -0.15) is 0 Å². The molecule has 2 aliphatic heterocycles. The minimum Gasteiger partial charge on any atom is -0.485 e. The molecule has 1 aliphatic carbocycles. The van der Waals surface area contributed by atoms with E-state index in [9.17, 15) is 19.4 Å². The third-order valence-electron chi connectivity index (χ3n) is 8.52. The predicted octanol–water partition coefficient (Wildman–Crippen LogP) is 5.17. The molecule has 0 unspecified atom stereocenters. The summed E-state index contributed by atoms with van der Waals surface area (Å²) >= 11 is 0. The number of halogens is 1. The number of piperidine rings is 1. The van der Waals surface area contributed by atoms with Gasteiger partial charge in [-0.05, 0) is 71.9 Å². The van der Waals surface area contributed by atoms with E-state index in [1.807, 2.05) is 18.2 Å². The van der Waals surface area contributed by atoms with Gasteiger partial charge in [0.15, 0.2) is 0 Å². The van der Waals surface area contributed by atoms with Gasteiger partial charge in [-0.15, -0.1) is 0 Å². The van der Waals surface area contributed by atoms with Crippen molar-refractivity contribution in [2.75, 3.05) is 20.2 Å². The lowest BCUT2D eigenvalue weighted by molar-refractivity contribution is -0.145. The quantitative estimate of drug-likeness (QED) is 0.414. The van der Waals surface area contributed by atoms with Crippen molar-refractivity contribution in [2.24, 2.45) is 17.8 Å². The number of nitrogens with zero attached hydrogens (tertiary/aromatic N) is 2. The Hall–Kier alpha value is -3.49. The highest BCUT2D eigenvalue weighted by atomic mass is 19.1. The maximum Gasteiger partial charge on any atom is 0.309 e. The lowest BCUT2D eigenvalue weighted by atomic mass is 9.91. The number of methoxy groups -OCH3 is 1. The standard InChI is InChI=1S/C31H33FN2O5/c1-17(31(36)37)30(35)20-4-3-18-6-8-27(39-28(18)11-20)19-5-7-24(25-12-29(38-2)33-13-26(25)32)23(9-19)16-34-14-21-10-22(21)15-34/h3-5,7,9,11-13,17,21-22,27,30,35H,6,8,10,14-16H2,1-2H3,(H,36,37)/t17-,21-,22+,27+,30+/m0/s1. The fraction of sp³-hybridized carbons (Fsp3) is 0.419. The van der Waals surface area contributed by atoms with Gasteiger partial charge in [0.25, 0.3) is 0 Å². The topological polar surface area (TPSA) is 92.1 Å². The molecule has 5 atom stereocenters. The number of ether oxygens (including phenoxy) is 2. The second-order valence-corrected chi connectivity index (χ2v) is 11.2. The number of aliphatic hydroxyl groups is 1. The van der Waals surface area contributed by atoms with Gasteiger partial charge in [-0.1, -0.05) is 30.3 Å². The van der Waals surface area contributed by atoms with E-state index in [1.54, 1.807) is 18.2 Å². The van der Waals surface area contributed by atoms with E-state index in [0.717, 1.165) is 66.6 Å². The molecule has 0 radical (unpaired) electrons. The van der Waals surface area contributed by atoms with E-state index in [2.05, 4.69) is 16.0 Å². The zero-order valence-corrected chi connectivity index (χ0v) is 22.1. The number of carbonyl (C=O) groups is 1. The van der Waals surface area contributed by atoms with Crippen LogP contribution in [0.4, 0.5) is 4.39 Å². The average Bonchev–Trinajstić information content (AvgIpc) is 3.56. The molecule has 204 valence electrons. The third-order valence-corrected chi connectivity index (χ3v) is 8.52. The number of aliphatic hydroxyl groups excluding tert-OH is 1. The monoisotopic (exact) mass is 532 g/mol. The molecule has 3 aromatic rings. The molecule has 6 rings (SSSR count). The van der Waals surface area contributed by atoms with Crippen LogP contribution in [0.3, 0.4) is 0 Å². The number of benzene rings is 2.